The van der Waals surface area contributed by atoms with Gasteiger partial charge in [0, 0.05) is 27.6 Å². The lowest BCUT2D eigenvalue weighted by molar-refractivity contribution is 1.38. The molecule has 0 aliphatic rings. The van der Waals surface area contributed by atoms with E-state index < -0.39 is 0 Å². The second-order valence-electron chi connectivity index (χ2n) is 5.15. The molecule has 0 radical (unpaired) electrons. The summed E-state index contributed by atoms with van der Waals surface area (Å²) < 4.78 is 0. The van der Waals surface area contributed by atoms with Crippen LogP contribution in [0.4, 0.5) is 11.4 Å². The molecule has 0 unspecified atom stereocenters. The normalized spacial score (nSPS) is 10.5. The molecule has 0 aliphatic heterocycles. The molecular weight excluding hydrogens is 288 g/mol. The Morgan fingerprint density at radius 1 is 0.773 bits per heavy atom. The Morgan fingerprint density at radius 2 is 1.50 bits per heavy atom. The van der Waals surface area contributed by atoms with Crippen molar-refractivity contribution in [1.29, 1.82) is 0 Å². The number of thioether (sulfide) groups is 1. The molecule has 0 aliphatic carbocycles. The van der Waals surface area contributed by atoms with Crippen LogP contribution in [-0.2, 0) is 5.75 Å². The summed E-state index contributed by atoms with van der Waals surface area (Å²) in [4.78, 5) is 1.28. The molecule has 3 rings (SSSR count). The van der Waals surface area contributed by atoms with Crippen molar-refractivity contribution in [3.05, 3.63) is 78.4 Å². The molecule has 0 saturated carbocycles. The molecule has 0 fully saturated rings. The summed E-state index contributed by atoms with van der Waals surface area (Å²) in [7, 11) is 0. The highest BCUT2D eigenvalue weighted by Crippen LogP contribution is 2.29. The first-order chi connectivity index (χ1) is 10.7. The molecule has 3 aromatic rings. The van der Waals surface area contributed by atoms with Crippen molar-refractivity contribution in [2.75, 3.05) is 11.5 Å². The fraction of sp³-hybridized carbons (Fsp3) is 0.0526. The van der Waals surface area contributed by atoms with Crippen LogP contribution in [-0.4, -0.2) is 0 Å². The number of nitrogen functional groups attached to an aromatic ring is 2. The Hall–Kier alpha value is -2.39. The molecule has 0 aromatic heterocycles. The van der Waals surface area contributed by atoms with Crippen molar-refractivity contribution < 1.29 is 0 Å². The predicted octanol–water partition coefficient (Wildman–Crippen LogP) is 4.81. The topological polar surface area (TPSA) is 52.0 Å². The Bertz CT molecular complexity index is 752. The van der Waals surface area contributed by atoms with Crippen molar-refractivity contribution in [3.63, 3.8) is 0 Å². The SMILES string of the molecule is Nc1ccc(N)c(-c2ccc(CSc3ccccc3)cc2)c1. The van der Waals surface area contributed by atoms with Crippen LogP contribution in [0, 0.1) is 0 Å². The van der Waals surface area contributed by atoms with Crippen molar-refractivity contribution in [3.8, 4) is 11.1 Å². The second kappa shape index (κ2) is 6.58. The molecule has 2 nitrogen and oxygen atoms in total. The first kappa shape index (κ1) is 14.5. The van der Waals surface area contributed by atoms with Gasteiger partial charge < -0.3 is 11.5 Å². The third-order valence-electron chi connectivity index (χ3n) is 3.49. The number of benzene rings is 3. The maximum absolute atomic E-state index is 6.03. The lowest BCUT2D eigenvalue weighted by atomic mass is 10.0. The molecule has 0 bridgehead atoms. The van der Waals surface area contributed by atoms with Gasteiger partial charge in [-0.3, -0.25) is 0 Å². The van der Waals surface area contributed by atoms with Crippen LogP contribution in [0.5, 0.6) is 0 Å². The number of anilines is 2. The average Bonchev–Trinajstić information content (AvgIpc) is 2.57. The minimum absolute atomic E-state index is 0.730. The van der Waals surface area contributed by atoms with Crippen LogP contribution < -0.4 is 11.5 Å². The number of nitrogens with two attached hydrogens (primary N) is 2. The van der Waals surface area contributed by atoms with E-state index in [-0.39, 0.29) is 0 Å². The van der Waals surface area contributed by atoms with Crippen LogP contribution in [0.15, 0.2) is 77.7 Å². The molecule has 0 saturated heterocycles. The summed E-state index contributed by atoms with van der Waals surface area (Å²) in [5.41, 5.74) is 16.7. The summed E-state index contributed by atoms with van der Waals surface area (Å²) in [5.74, 6) is 0.955. The summed E-state index contributed by atoms with van der Waals surface area (Å²) in [6.45, 7) is 0. The van der Waals surface area contributed by atoms with Crippen LogP contribution in [0.25, 0.3) is 11.1 Å². The molecule has 3 heteroatoms. The summed E-state index contributed by atoms with van der Waals surface area (Å²) in [6, 6.07) is 24.5. The molecule has 4 N–H and O–H groups in total. The van der Waals surface area contributed by atoms with E-state index in [1.165, 1.54) is 10.5 Å². The van der Waals surface area contributed by atoms with Gasteiger partial charge in [0.15, 0.2) is 0 Å². The summed E-state index contributed by atoms with van der Waals surface area (Å²) in [6.07, 6.45) is 0. The molecule has 110 valence electrons. The van der Waals surface area contributed by atoms with Gasteiger partial charge >= 0.3 is 0 Å². The standard InChI is InChI=1S/C19H18N2S/c20-16-10-11-19(21)18(12-16)15-8-6-14(7-9-15)13-22-17-4-2-1-3-5-17/h1-12H,13,20-21H2. The third kappa shape index (κ3) is 3.43. The Labute approximate surface area is 135 Å². The van der Waals surface area contributed by atoms with E-state index in [4.69, 9.17) is 11.5 Å². The average molecular weight is 306 g/mol. The number of hydrogen-bond donors (Lipinski definition) is 2. The minimum atomic E-state index is 0.730. The molecule has 0 amide bonds. The van der Waals surface area contributed by atoms with Crippen molar-refractivity contribution in [2.45, 2.75) is 10.6 Å². The minimum Gasteiger partial charge on any atom is -0.399 e. The van der Waals surface area contributed by atoms with Gasteiger partial charge in [-0.2, -0.15) is 0 Å². The maximum Gasteiger partial charge on any atom is 0.0395 e. The lowest BCUT2D eigenvalue weighted by Crippen LogP contribution is -1.93. The van der Waals surface area contributed by atoms with Gasteiger partial charge in [-0.1, -0.05) is 42.5 Å². The molecule has 0 spiro atoms. The van der Waals surface area contributed by atoms with Crippen LogP contribution in [0.2, 0.25) is 0 Å². The van der Waals surface area contributed by atoms with E-state index in [0.717, 1.165) is 28.3 Å². The smallest absolute Gasteiger partial charge is 0.0395 e. The van der Waals surface area contributed by atoms with Gasteiger partial charge in [0.2, 0.25) is 0 Å². The van der Waals surface area contributed by atoms with Crippen LogP contribution >= 0.6 is 11.8 Å². The fourth-order valence-electron chi connectivity index (χ4n) is 2.29. The molecular formula is C19H18N2S. The Balaban J connectivity index is 1.74. The van der Waals surface area contributed by atoms with E-state index in [0.29, 0.717) is 0 Å². The molecule has 0 atom stereocenters. The van der Waals surface area contributed by atoms with Gasteiger partial charge in [0.1, 0.15) is 0 Å². The van der Waals surface area contributed by atoms with Gasteiger partial charge in [0.25, 0.3) is 0 Å². The monoisotopic (exact) mass is 306 g/mol. The first-order valence-electron chi connectivity index (χ1n) is 7.14. The van der Waals surface area contributed by atoms with Crippen LogP contribution in [0.3, 0.4) is 0 Å². The van der Waals surface area contributed by atoms with Crippen LogP contribution in [0.1, 0.15) is 5.56 Å². The van der Waals surface area contributed by atoms with Gasteiger partial charge in [-0.15, -0.1) is 11.8 Å². The number of rotatable bonds is 4. The quantitative estimate of drug-likeness (QED) is 0.537. The molecule has 0 heterocycles. The van der Waals surface area contributed by atoms with E-state index in [1.54, 1.807) is 0 Å². The van der Waals surface area contributed by atoms with E-state index in [9.17, 15) is 0 Å². The molecule has 22 heavy (non-hydrogen) atoms. The van der Waals surface area contributed by atoms with Crippen molar-refractivity contribution >= 4 is 23.1 Å². The van der Waals surface area contributed by atoms with Crippen molar-refractivity contribution in [1.82, 2.24) is 0 Å². The maximum atomic E-state index is 6.03. The van der Waals surface area contributed by atoms with Gasteiger partial charge in [0.05, 0.1) is 0 Å². The van der Waals surface area contributed by atoms with Gasteiger partial charge in [-0.05, 0) is 41.5 Å². The fourth-order valence-corrected chi connectivity index (χ4v) is 3.16. The van der Waals surface area contributed by atoms with Crippen molar-refractivity contribution in [2.24, 2.45) is 0 Å². The lowest BCUT2D eigenvalue weighted by Gasteiger charge is -2.08. The first-order valence-corrected chi connectivity index (χ1v) is 8.13. The Morgan fingerprint density at radius 3 is 2.23 bits per heavy atom. The van der Waals surface area contributed by atoms with E-state index in [1.807, 2.05) is 36.0 Å². The summed E-state index contributed by atoms with van der Waals surface area (Å²) in [5, 5.41) is 0. The zero-order chi connectivity index (χ0) is 15.4. The molecule has 3 aromatic carbocycles. The zero-order valence-electron chi connectivity index (χ0n) is 12.2. The largest absolute Gasteiger partial charge is 0.399 e. The third-order valence-corrected chi connectivity index (χ3v) is 4.57. The zero-order valence-corrected chi connectivity index (χ0v) is 13.0. The number of hydrogen-bond acceptors (Lipinski definition) is 3. The highest BCUT2D eigenvalue weighted by molar-refractivity contribution is 7.98. The predicted molar refractivity (Wildman–Crippen MR) is 96.7 cm³/mol. The second-order valence-corrected chi connectivity index (χ2v) is 6.19. The summed E-state index contributed by atoms with van der Waals surface area (Å²) >= 11 is 1.84. The Kier molecular flexibility index (Phi) is 4.35. The highest BCUT2D eigenvalue weighted by Gasteiger charge is 2.04. The van der Waals surface area contributed by atoms with E-state index in [2.05, 4.69) is 48.5 Å². The van der Waals surface area contributed by atoms with Gasteiger partial charge in [-0.25, -0.2) is 0 Å². The van der Waals surface area contributed by atoms with E-state index >= 15 is 0 Å². The highest BCUT2D eigenvalue weighted by atomic mass is 32.2.